The number of fused-ring (bicyclic) bond motifs is 1. The van der Waals surface area contributed by atoms with E-state index in [-0.39, 0.29) is 35.9 Å². The maximum atomic E-state index is 12.0. The predicted octanol–water partition coefficient (Wildman–Crippen LogP) is 3.12. The number of halogens is 2. The highest BCUT2D eigenvalue weighted by Gasteiger charge is 2.21. The smallest absolute Gasteiger partial charge is 0.251 e. The molecule has 8 heteroatoms. The summed E-state index contributed by atoms with van der Waals surface area (Å²) < 4.78 is 5.63. The first kappa shape index (κ1) is 21.3. The molecule has 6 nitrogen and oxygen atoms in total. The lowest BCUT2D eigenvalue weighted by molar-refractivity contribution is 0.0955. The Kier molecular flexibility index (Phi) is 8.18. The van der Waals surface area contributed by atoms with Crippen molar-refractivity contribution in [1.82, 2.24) is 10.6 Å². The van der Waals surface area contributed by atoms with E-state index in [9.17, 15) is 4.79 Å². The number of ether oxygens (including phenoxy) is 1. The van der Waals surface area contributed by atoms with Crippen molar-refractivity contribution < 1.29 is 9.53 Å². The maximum absolute atomic E-state index is 12.0. The van der Waals surface area contributed by atoms with Crippen LogP contribution >= 0.6 is 35.6 Å². The second kappa shape index (κ2) is 10.4. The second-order valence-corrected chi connectivity index (χ2v) is 6.34. The Hall–Kier alpha value is -2.00. The fourth-order valence-corrected chi connectivity index (χ4v) is 2.89. The number of amides is 1. The number of hydrogen-bond acceptors (Lipinski definition) is 3. The van der Waals surface area contributed by atoms with Crippen LogP contribution in [0, 0.1) is 0 Å². The number of carbonyl (C=O) groups is 1. The van der Waals surface area contributed by atoms with Crippen LogP contribution in [0.5, 0.6) is 5.75 Å². The second-order valence-electron chi connectivity index (χ2n) is 5.90. The lowest BCUT2D eigenvalue weighted by atomic mass is 10.0. The molecule has 144 valence electrons. The number of benzene rings is 2. The van der Waals surface area contributed by atoms with Crippen LogP contribution in [0.15, 0.2) is 53.5 Å². The number of nitrogens with one attached hydrogen (secondary N) is 2. The average molecular weight is 501 g/mol. The van der Waals surface area contributed by atoms with E-state index in [0.717, 1.165) is 17.7 Å². The van der Waals surface area contributed by atoms with Gasteiger partial charge in [0.1, 0.15) is 5.75 Å². The predicted molar refractivity (Wildman–Crippen MR) is 118 cm³/mol. The van der Waals surface area contributed by atoms with E-state index in [4.69, 9.17) is 22.1 Å². The third kappa shape index (κ3) is 6.00. The lowest BCUT2D eigenvalue weighted by Gasteiger charge is -2.26. The van der Waals surface area contributed by atoms with Crippen molar-refractivity contribution in [3.8, 4) is 5.75 Å². The highest BCUT2D eigenvalue weighted by molar-refractivity contribution is 14.0. The Morgan fingerprint density at radius 1 is 1.22 bits per heavy atom. The monoisotopic (exact) mass is 500 g/mol. The van der Waals surface area contributed by atoms with Crippen molar-refractivity contribution in [2.75, 3.05) is 19.7 Å². The van der Waals surface area contributed by atoms with Gasteiger partial charge in [0, 0.05) is 29.1 Å². The topological polar surface area (TPSA) is 88.7 Å². The summed E-state index contributed by atoms with van der Waals surface area (Å²) in [6.45, 7) is 1.43. The van der Waals surface area contributed by atoms with Gasteiger partial charge in [-0.25, -0.2) is 0 Å². The van der Waals surface area contributed by atoms with Gasteiger partial charge in [-0.15, -0.1) is 24.0 Å². The Labute approximate surface area is 180 Å². The first-order valence-electron chi connectivity index (χ1n) is 8.45. The van der Waals surface area contributed by atoms with Gasteiger partial charge in [-0.2, -0.15) is 0 Å². The van der Waals surface area contributed by atoms with E-state index >= 15 is 0 Å². The molecule has 0 bridgehead atoms. The van der Waals surface area contributed by atoms with Crippen LogP contribution in [-0.4, -0.2) is 31.6 Å². The lowest BCUT2D eigenvalue weighted by Crippen LogP contribution is -2.38. The molecule has 0 radical (unpaired) electrons. The van der Waals surface area contributed by atoms with Gasteiger partial charge in [0.25, 0.3) is 5.91 Å². The number of nitrogens with two attached hydrogens (primary N) is 1. The molecule has 0 aromatic heterocycles. The number of aliphatic imine (C=N–C) groups is 1. The zero-order valence-corrected chi connectivity index (χ0v) is 17.7. The van der Waals surface area contributed by atoms with Crippen molar-refractivity contribution in [3.05, 3.63) is 64.7 Å². The first-order valence-corrected chi connectivity index (χ1v) is 8.83. The summed E-state index contributed by atoms with van der Waals surface area (Å²) in [6.07, 6.45) is 0.820. The summed E-state index contributed by atoms with van der Waals surface area (Å²) in [5, 5.41) is 6.62. The van der Waals surface area contributed by atoms with Crippen LogP contribution in [-0.2, 0) is 0 Å². The molecule has 3 rings (SSSR count). The molecule has 0 saturated heterocycles. The molecule has 27 heavy (non-hydrogen) atoms. The Balaban J connectivity index is 0.00000261. The molecule has 1 unspecified atom stereocenters. The Morgan fingerprint density at radius 3 is 2.74 bits per heavy atom. The van der Waals surface area contributed by atoms with Crippen molar-refractivity contribution in [2.24, 2.45) is 10.7 Å². The van der Waals surface area contributed by atoms with Crippen molar-refractivity contribution in [3.63, 3.8) is 0 Å². The molecule has 0 spiro atoms. The number of carbonyl (C=O) groups excluding carboxylic acids is 1. The number of para-hydroxylation sites is 1. The summed E-state index contributed by atoms with van der Waals surface area (Å²) in [4.78, 5) is 16.3. The van der Waals surface area contributed by atoms with Crippen LogP contribution in [0.1, 0.15) is 28.4 Å². The molecule has 1 heterocycles. The van der Waals surface area contributed by atoms with Gasteiger partial charge in [0.2, 0.25) is 0 Å². The third-order valence-electron chi connectivity index (χ3n) is 4.07. The van der Waals surface area contributed by atoms with Crippen molar-refractivity contribution >= 4 is 47.4 Å². The molecule has 0 aliphatic carbocycles. The summed E-state index contributed by atoms with van der Waals surface area (Å²) in [5.74, 6) is 1.06. The zero-order chi connectivity index (χ0) is 18.4. The molecule has 0 saturated carbocycles. The van der Waals surface area contributed by atoms with Gasteiger partial charge in [-0.05, 0) is 30.3 Å². The number of guanidine groups is 1. The van der Waals surface area contributed by atoms with Crippen LogP contribution in [0.3, 0.4) is 0 Å². The van der Waals surface area contributed by atoms with Gasteiger partial charge < -0.3 is 21.1 Å². The van der Waals surface area contributed by atoms with Crippen molar-refractivity contribution in [2.45, 2.75) is 12.5 Å². The van der Waals surface area contributed by atoms with Gasteiger partial charge in [0.15, 0.2) is 5.96 Å². The minimum absolute atomic E-state index is 0. The van der Waals surface area contributed by atoms with E-state index in [2.05, 4.69) is 15.6 Å². The van der Waals surface area contributed by atoms with Crippen LogP contribution in [0.2, 0.25) is 5.02 Å². The molecular formula is C19H22ClIN4O2. The Morgan fingerprint density at radius 2 is 1.96 bits per heavy atom. The van der Waals surface area contributed by atoms with Gasteiger partial charge in [-0.1, -0.05) is 29.8 Å². The largest absolute Gasteiger partial charge is 0.493 e. The normalized spacial score (nSPS) is 15.7. The third-order valence-corrected chi connectivity index (χ3v) is 4.32. The van der Waals surface area contributed by atoms with Gasteiger partial charge in [-0.3, -0.25) is 9.79 Å². The summed E-state index contributed by atoms with van der Waals surface area (Å²) in [6, 6.07) is 14.7. The molecule has 2 aromatic carbocycles. The van der Waals surface area contributed by atoms with Crippen LogP contribution < -0.4 is 21.1 Å². The molecule has 1 atom stereocenters. The molecule has 4 N–H and O–H groups in total. The standard InChI is InChI=1S/C19H21ClN4O2.HI/c20-14-7-5-13(6-8-14)18(25)22-10-11-23-19(21)24-16-9-12-26-17-4-2-1-3-15(16)17;/h1-8,16H,9-12H2,(H,22,25)(H3,21,23,24);1H. The van der Waals surface area contributed by atoms with Crippen LogP contribution in [0.25, 0.3) is 0 Å². The molecule has 0 fully saturated rings. The van der Waals surface area contributed by atoms with E-state index < -0.39 is 0 Å². The number of hydrogen-bond donors (Lipinski definition) is 3. The molecule has 1 aliphatic heterocycles. The molecule has 1 amide bonds. The highest BCUT2D eigenvalue weighted by atomic mass is 127. The fraction of sp³-hybridized carbons (Fsp3) is 0.263. The SMILES string of the molecule is I.NC(=NCCNC(=O)c1ccc(Cl)cc1)NC1CCOc2ccccc21. The van der Waals surface area contributed by atoms with Crippen LogP contribution in [0.4, 0.5) is 0 Å². The van der Waals surface area contributed by atoms with E-state index in [1.807, 2.05) is 24.3 Å². The number of rotatable bonds is 5. The molecule has 2 aromatic rings. The highest BCUT2D eigenvalue weighted by Crippen LogP contribution is 2.31. The quantitative estimate of drug-likeness (QED) is 0.255. The maximum Gasteiger partial charge on any atom is 0.251 e. The van der Waals surface area contributed by atoms with Crippen molar-refractivity contribution in [1.29, 1.82) is 0 Å². The minimum atomic E-state index is -0.165. The van der Waals surface area contributed by atoms with Gasteiger partial charge >= 0.3 is 0 Å². The molecule has 1 aliphatic rings. The summed E-state index contributed by atoms with van der Waals surface area (Å²) in [7, 11) is 0. The van der Waals surface area contributed by atoms with Gasteiger partial charge in [0.05, 0.1) is 19.2 Å². The minimum Gasteiger partial charge on any atom is -0.493 e. The summed E-state index contributed by atoms with van der Waals surface area (Å²) in [5.41, 5.74) is 7.61. The Bertz CT molecular complexity index is 799. The van der Waals surface area contributed by atoms with E-state index in [0.29, 0.717) is 36.2 Å². The number of nitrogens with zero attached hydrogens (tertiary/aromatic N) is 1. The summed E-state index contributed by atoms with van der Waals surface area (Å²) >= 11 is 5.81. The average Bonchev–Trinajstić information content (AvgIpc) is 2.66. The molecular weight excluding hydrogens is 479 g/mol. The first-order chi connectivity index (χ1) is 12.6. The fourth-order valence-electron chi connectivity index (χ4n) is 2.77. The van der Waals surface area contributed by atoms with E-state index in [1.54, 1.807) is 24.3 Å². The zero-order valence-electron chi connectivity index (χ0n) is 14.7. The van der Waals surface area contributed by atoms with E-state index in [1.165, 1.54) is 0 Å².